The van der Waals surface area contributed by atoms with Crippen LogP contribution in [0.5, 0.6) is 0 Å². The summed E-state index contributed by atoms with van der Waals surface area (Å²) in [5, 5.41) is 0. The fraction of sp³-hybridized carbons (Fsp3) is 1.00. The van der Waals surface area contributed by atoms with Gasteiger partial charge in [-0.05, 0) is 55.8 Å². The van der Waals surface area contributed by atoms with Crippen LogP contribution in [0.2, 0.25) is 0 Å². The molecule has 3 aliphatic rings. The van der Waals surface area contributed by atoms with Crippen LogP contribution < -0.4 is 0 Å². The topological polar surface area (TPSA) is 0 Å². The van der Waals surface area contributed by atoms with Gasteiger partial charge < -0.3 is 0 Å². The lowest BCUT2D eigenvalue weighted by atomic mass is 9.58. The largest absolute Gasteiger partial charge is 0.0527 e. The van der Waals surface area contributed by atoms with E-state index in [0.717, 1.165) is 0 Å². The van der Waals surface area contributed by atoms with Gasteiger partial charge in [-0.25, -0.2) is 0 Å². The molecule has 0 nitrogen and oxygen atoms in total. The highest BCUT2D eigenvalue weighted by molar-refractivity contribution is 4.95. The second kappa shape index (κ2) is 2.24. The first-order valence-corrected chi connectivity index (χ1v) is 5.45. The molecule has 3 aliphatic carbocycles. The maximum absolute atomic E-state index is 1.59. The van der Waals surface area contributed by atoms with Gasteiger partial charge in [0.1, 0.15) is 0 Å². The number of hydrogen-bond donors (Lipinski definition) is 0. The molecular formula is C11H18. The minimum atomic E-state index is 1.18. The van der Waals surface area contributed by atoms with E-state index in [0.29, 0.717) is 0 Å². The number of hydrogen-bond acceptors (Lipinski definition) is 0. The van der Waals surface area contributed by atoms with Crippen molar-refractivity contribution < 1.29 is 0 Å². The van der Waals surface area contributed by atoms with E-state index in [1.807, 2.05) is 0 Å². The third-order valence-corrected chi connectivity index (χ3v) is 4.65. The summed E-state index contributed by atoms with van der Waals surface area (Å²) >= 11 is 0. The molecule has 0 amide bonds. The average molecular weight is 150 g/mol. The van der Waals surface area contributed by atoms with Crippen LogP contribution in [0.15, 0.2) is 0 Å². The Hall–Kier alpha value is 0. The smallest absolute Gasteiger partial charge is 0.0355 e. The van der Waals surface area contributed by atoms with Gasteiger partial charge in [0.05, 0.1) is 0 Å². The van der Waals surface area contributed by atoms with Gasteiger partial charge in [0.15, 0.2) is 0 Å². The molecule has 0 unspecified atom stereocenters. The standard InChI is InChI=1S/C11H18/c1-2-8-4-5-9-6-7-11(9)10(8)3-1/h8-11H,1-7H2/t8-,9+,10-,11-/m1/s1. The Balaban J connectivity index is 1.79. The van der Waals surface area contributed by atoms with Crippen molar-refractivity contribution in [1.29, 1.82) is 0 Å². The summed E-state index contributed by atoms with van der Waals surface area (Å²) in [6, 6.07) is 0. The van der Waals surface area contributed by atoms with Gasteiger partial charge in [0.25, 0.3) is 0 Å². The highest BCUT2D eigenvalue weighted by atomic mass is 14.5. The third kappa shape index (κ3) is 0.816. The van der Waals surface area contributed by atoms with Crippen LogP contribution >= 0.6 is 0 Å². The summed E-state index contributed by atoms with van der Waals surface area (Å²) in [6.45, 7) is 0. The van der Waals surface area contributed by atoms with Gasteiger partial charge in [0.2, 0.25) is 0 Å². The molecule has 4 atom stereocenters. The van der Waals surface area contributed by atoms with Crippen LogP contribution in [0.3, 0.4) is 0 Å². The molecule has 3 fully saturated rings. The van der Waals surface area contributed by atoms with E-state index < -0.39 is 0 Å². The van der Waals surface area contributed by atoms with Crippen molar-refractivity contribution in [1.82, 2.24) is 0 Å². The first-order chi connectivity index (χ1) is 5.45. The van der Waals surface area contributed by atoms with Crippen molar-refractivity contribution in [3.05, 3.63) is 0 Å². The summed E-state index contributed by atoms with van der Waals surface area (Å²) in [4.78, 5) is 0. The Kier molecular flexibility index (Phi) is 1.33. The molecule has 0 aromatic heterocycles. The van der Waals surface area contributed by atoms with E-state index in [2.05, 4.69) is 0 Å². The molecule has 0 aromatic carbocycles. The Morgan fingerprint density at radius 3 is 1.91 bits per heavy atom. The van der Waals surface area contributed by atoms with E-state index in [-0.39, 0.29) is 0 Å². The first kappa shape index (κ1) is 6.51. The summed E-state index contributed by atoms with van der Waals surface area (Å²) in [6.07, 6.45) is 11.1. The molecule has 62 valence electrons. The molecule has 0 bridgehead atoms. The average Bonchev–Trinajstić information content (AvgIpc) is 2.34. The summed E-state index contributed by atoms with van der Waals surface area (Å²) in [5.41, 5.74) is 0. The van der Waals surface area contributed by atoms with Crippen LogP contribution in [-0.4, -0.2) is 0 Å². The highest BCUT2D eigenvalue weighted by Gasteiger charge is 2.45. The van der Waals surface area contributed by atoms with E-state index in [1.165, 1.54) is 23.7 Å². The molecule has 11 heavy (non-hydrogen) atoms. The third-order valence-electron chi connectivity index (χ3n) is 4.65. The molecular weight excluding hydrogens is 132 g/mol. The first-order valence-electron chi connectivity index (χ1n) is 5.45. The Morgan fingerprint density at radius 1 is 0.545 bits per heavy atom. The second-order valence-corrected chi connectivity index (χ2v) is 4.93. The van der Waals surface area contributed by atoms with Crippen LogP contribution in [0.4, 0.5) is 0 Å². The summed E-state index contributed by atoms with van der Waals surface area (Å²) in [5.74, 6) is 4.77. The molecule has 0 heteroatoms. The maximum atomic E-state index is 1.59. The lowest BCUT2D eigenvalue weighted by Gasteiger charge is -2.47. The van der Waals surface area contributed by atoms with Crippen LogP contribution in [0, 0.1) is 23.7 Å². The van der Waals surface area contributed by atoms with Crippen molar-refractivity contribution in [2.75, 3.05) is 0 Å². The SMILES string of the molecule is C1C[C@@H]2CC[C@H]3CC[C@H]3[C@@H]2C1. The summed E-state index contributed by atoms with van der Waals surface area (Å²) in [7, 11) is 0. The molecule has 0 saturated heterocycles. The van der Waals surface area contributed by atoms with Gasteiger partial charge in [-0.3, -0.25) is 0 Å². The van der Waals surface area contributed by atoms with Crippen molar-refractivity contribution in [3.63, 3.8) is 0 Å². The number of fused-ring (bicyclic) bond motifs is 3. The van der Waals surface area contributed by atoms with Crippen LogP contribution in [0.25, 0.3) is 0 Å². The zero-order valence-corrected chi connectivity index (χ0v) is 7.26. The van der Waals surface area contributed by atoms with E-state index >= 15 is 0 Å². The van der Waals surface area contributed by atoms with Crippen LogP contribution in [0.1, 0.15) is 44.9 Å². The zero-order valence-electron chi connectivity index (χ0n) is 7.26. The van der Waals surface area contributed by atoms with E-state index in [9.17, 15) is 0 Å². The van der Waals surface area contributed by atoms with Gasteiger partial charge in [-0.1, -0.05) is 12.8 Å². The molecule has 3 saturated carbocycles. The zero-order chi connectivity index (χ0) is 7.26. The van der Waals surface area contributed by atoms with Gasteiger partial charge in [0, 0.05) is 0 Å². The fourth-order valence-corrected chi connectivity index (χ4v) is 3.93. The maximum Gasteiger partial charge on any atom is -0.0355 e. The molecule has 0 spiro atoms. The fourth-order valence-electron chi connectivity index (χ4n) is 3.93. The molecule has 0 aliphatic heterocycles. The Bertz CT molecular complexity index is 161. The van der Waals surface area contributed by atoms with Gasteiger partial charge in [-0.15, -0.1) is 0 Å². The molecule has 0 heterocycles. The minimum Gasteiger partial charge on any atom is -0.0527 e. The summed E-state index contributed by atoms with van der Waals surface area (Å²) < 4.78 is 0. The predicted octanol–water partition coefficient (Wildman–Crippen LogP) is 3.22. The number of rotatable bonds is 0. The molecule has 3 rings (SSSR count). The molecule has 0 radical (unpaired) electrons. The monoisotopic (exact) mass is 150 g/mol. The quantitative estimate of drug-likeness (QED) is 0.497. The molecule has 0 aromatic rings. The van der Waals surface area contributed by atoms with Crippen molar-refractivity contribution in [3.8, 4) is 0 Å². The van der Waals surface area contributed by atoms with Crippen molar-refractivity contribution in [2.24, 2.45) is 23.7 Å². The Labute approximate surface area is 69.4 Å². The Morgan fingerprint density at radius 2 is 1.18 bits per heavy atom. The van der Waals surface area contributed by atoms with Crippen molar-refractivity contribution in [2.45, 2.75) is 44.9 Å². The van der Waals surface area contributed by atoms with Crippen molar-refractivity contribution >= 4 is 0 Å². The van der Waals surface area contributed by atoms with Crippen LogP contribution in [-0.2, 0) is 0 Å². The highest BCUT2D eigenvalue weighted by Crippen LogP contribution is 2.55. The lowest BCUT2D eigenvalue weighted by Crippen LogP contribution is -2.38. The normalized spacial score (nSPS) is 54.5. The van der Waals surface area contributed by atoms with E-state index in [4.69, 9.17) is 0 Å². The molecule has 0 N–H and O–H groups in total. The minimum absolute atomic E-state index is 1.18. The lowest BCUT2D eigenvalue weighted by molar-refractivity contribution is 0.0263. The van der Waals surface area contributed by atoms with E-state index in [1.54, 1.807) is 44.9 Å². The second-order valence-electron chi connectivity index (χ2n) is 4.93. The predicted molar refractivity (Wildman–Crippen MR) is 46.3 cm³/mol. The van der Waals surface area contributed by atoms with Gasteiger partial charge >= 0.3 is 0 Å². The van der Waals surface area contributed by atoms with Gasteiger partial charge in [-0.2, -0.15) is 0 Å².